The molecule has 2 atom stereocenters. The van der Waals surface area contributed by atoms with Gasteiger partial charge in [0.15, 0.2) is 0 Å². The Balaban J connectivity index is 1.54. The van der Waals surface area contributed by atoms with Gasteiger partial charge in [-0.3, -0.25) is 4.79 Å². The molecule has 0 aromatic heterocycles. The molecule has 1 aliphatic heterocycles. The van der Waals surface area contributed by atoms with Crippen LogP contribution in [0.2, 0.25) is 0 Å². The molecule has 4 heteroatoms. The van der Waals surface area contributed by atoms with Crippen LogP contribution in [0.4, 0.5) is 4.39 Å². The van der Waals surface area contributed by atoms with Crippen LogP contribution in [0.1, 0.15) is 30.7 Å². The Morgan fingerprint density at radius 2 is 1.89 bits per heavy atom. The number of piperidine rings is 1. The number of nitrogens with one attached hydrogen (secondary N) is 2. The number of rotatable bonds is 3. The Morgan fingerprint density at radius 1 is 1.21 bits per heavy atom. The largest absolute Gasteiger partial charge is 0.353 e. The molecule has 19 heavy (non-hydrogen) atoms. The smallest absolute Gasteiger partial charge is 0.223 e. The molecule has 0 radical (unpaired) electrons. The first-order chi connectivity index (χ1) is 9.24. The molecule has 2 fully saturated rings. The number of hydrogen-bond acceptors (Lipinski definition) is 2. The van der Waals surface area contributed by atoms with Crippen molar-refractivity contribution in [3.05, 3.63) is 35.6 Å². The molecule has 1 saturated heterocycles. The maximum atomic E-state index is 12.9. The molecule has 1 aromatic carbocycles. The van der Waals surface area contributed by atoms with Gasteiger partial charge < -0.3 is 10.6 Å². The molecule has 1 amide bonds. The average Bonchev–Trinajstić information content (AvgIpc) is 3.21. The molecule has 0 bridgehead atoms. The Bertz CT molecular complexity index is 454. The van der Waals surface area contributed by atoms with E-state index in [-0.39, 0.29) is 23.6 Å². The number of amides is 1. The molecular weight excluding hydrogens is 243 g/mol. The number of carbonyl (C=O) groups excluding carboxylic acids is 1. The van der Waals surface area contributed by atoms with Crippen LogP contribution in [0.5, 0.6) is 0 Å². The van der Waals surface area contributed by atoms with Crippen molar-refractivity contribution in [2.45, 2.75) is 31.2 Å². The highest BCUT2D eigenvalue weighted by Crippen LogP contribution is 2.47. The summed E-state index contributed by atoms with van der Waals surface area (Å²) >= 11 is 0. The molecule has 1 aliphatic carbocycles. The zero-order valence-corrected chi connectivity index (χ0v) is 10.9. The van der Waals surface area contributed by atoms with E-state index in [9.17, 15) is 9.18 Å². The van der Waals surface area contributed by atoms with E-state index < -0.39 is 0 Å². The number of hydrogen-bond donors (Lipinski definition) is 2. The normalized spacial score (nSPS) is 27.0. The van der Waals surface area contributed by atoms with Gasteiger partial charge in [0.1, 0.15) is 5.82 Å². The summed E-state index contributed by atoms with van der Waals surface area (Å²) in [7, 11) is 0. The van der Waals surface area contributed by atoms with Gasteiger partial charge in [-0.15, -0.1) is 0 Å². The van der Waals surface area contributed by atoms with E-state index >= 15 is 0 Å². The molecule has 102 valence electrons. The molecule has 1 saturated carbocycles. The van der Waals surface area contributed by atoms with E-state index in [1.165, 1.54) is 12.1 Å². The third-order valence-corrected chi connectivity index (χ3v) is 4.11. The van der Waals surface area contributed by atoms with Crippen LogP contribution in [0.25, 0.3) is 0 Å². The zero-order chi connectivity index (χ0) is 13.2. The van der Waals surface area contributed by atoms with E-state index in [1.807, 2.05) is 0 Å². The van der Waals surface area contributed by atoms with Crippen LogP contribution in [0.15, 0.2) is 24.3 Å². The highest BCUT2D eigenvalue weighted by Gasteiger charge is 2.44. The summed E-state index contributed by atoms with van der Waals surface area (Å²) in [6.07, 6.45) is 2.92. The third kappa shape index (κ3) is 2.95. The van der Waals surface area contributed by atoms with Gasteiger partial charge in [-0.05, 0) is 56.0 Å². The minimum absolute atomic E-state index is 0.0837. The Labute approximate surface area is 112 Å². The fraction of sp³-hybridized carbons (Fsp3) is 0.533. The maximum absolute atomic E-state index is 12.9. The van der Waals surface area contributed by atoms with Crippen LogP contribution in [-0.4, -0.2) is 25.0 Å². The summed E-state index contributed by atoms with van der Waals surface area (Å²) in [5.41, 5.74) is 1.08. The van der Waals surface area contributed by atoms with E-state index in [1.54, 1.807) is 12.1 Å². The van der Waals surface area contributed by atoms with Crippen molar-refractivity contribution in [3.63, 3.8) is 0 Å². The molecule has 3 rings (SSSR count). The lowest BCUT2D eigenvalue weighted by molar-refractivity contribution is -0.123. The summed E-state index contributed by atoms with van der Waals surface area (Å²) in [6.45, 7) is 1.97. The minimum Gasteiger partial charge on any atom is -0.353 e. The van der Waals surface area contributed by atoms with Crippen molar-refractivity contribution in [1.29, 1.82) is 0 Å². The van der Waals surface area contributed by atoms with E-state index in [0.29, 0.717) is 6.04 Å². The lowest BCUT2D eigenvalue weighted by Crippen LogP contribution is -2.43. The van der Waals surface area contributed by atoms with Crippen molar-refractivity contribution in [2.75, 3.05) is 13.1 Å². The first-order valence-electron chi connectivity index (χ1n) is 7.00. The molecule has 0 spiro atoms. The van der Waals surface area contributed by atoms with Gasteiger partial charge in [0.2, 0.25) is 5.91 Å². The van der Waals surface area contributed by atoms with Gasteiger partial charge in [-0.1, -0.05) is 12.1 Å². The van der Waals surface area contributed by atoms with Gasteiger partial charge in [0, 0.05) is 12.0 Å². The Morgan fingerprint density at radius 3 is 2.58 bits per heavy atom. The molecule has 2 N–H and O–H groups in total. The summed E-state index contributed by atoms with van der Waals surface area (Å²) < 4.78 is 12.9. The second-order valence-electron chi connectivity index (χ2n) is 5.53. The summed E-state index contributed by atoms with van der Waals surface area (Å²) in [5.74, 6) is 0.309. The minimum atomic E-state index is -0.222. The molecule has 1 aromatic rings. The van der Waals surface area contributed by atoms with Crippen LogP contribution >= 0.6 is 0 Å². The van der Waals surface area contributed by atoms with Crippen molar-refractivity contribution >= 4 is 5.91 Å². The third-order valence-electron chi connectivity index (χ3n) is 4.11. The number of halogens is 1. The molecular formula is C15H19FN2O. The van der Waals surface area contributed by atoms with Crippen LogP contribution in [-0.2, 0) is 4.79 Å². The lowest BCUT2D eigenvalue weighted by atomic mass is 10.1. The number of carbonyl (C=O) groups is 1. The van der Waals surface area contributed by atoms with Crippen molar-refractivity contribution < 1.29 is 9.18 Å². The highest BCUT2D eigenvalue weighted by molar-refractivity contribution is 5.83. The summed E-state index contributed by atoms with van der Waals surface area (Å²) in [4.78, 5) is 12.1. The van der Waals surface area contributed by atoms with Gasteiger partial charge in [-0.2, -0.15) is 0 Å². The first-order valence-corrected chi connectivity index (χ1v) is 7.00. The lowest BCUT2D eigenvalue weighted by Gasteiger charge is -2.23. The van der Waals surface area contributed by atoms with E-state index in [0.717, 1.165) is 37.9 Å². The molecule has 2 aliphatic rings. The molecule has 3 nitrogen and oxygen atoms in total. The standard InChI is InChI=1S/C15H19FN2O/c16-11-3-1-10(2-4-11)13-9-14(13)15(19)18-12-5-7-17-8-6-12/h1-4,12-14,17H,5-9H2,(H,18,19). The SMILES string of the molecule is O=C(NC1CCNCC1)C1CC1c1ccc(F)cc1. The van der Waals surface area contributed by atoms with Crippen molar-refractivity contribution in [3.8, 4) is 0 Å². The molecule has 1 heterocycles. The monoisotopic (exact) mass is 262 g/mol. The number of benzene rings is 1. The second-order valence-corrected chi connectivity index (χ2v) is 5.53. The van der Waals surface area contributed by atoms with Crippen LogP contribution < -0.4 is 10.6 Å². The highest BCUT2D eigenvalue weighted by atomic mass is 19.1. The topological polar surface area (TPSA) is 41.1 Å². The second kappa shape index (κ2) is 5.29. The van der Waals surface area contributed by atoms with Crippen LogP contribution in [0.3, 0.4) is 0 Å². The predicted octanol–water partition coefficient (Wildman–Crippen LogP) is 1.80. The Kier molecular flexibility index (Phi) is 3.51. The Hall–Kier alpha value is -1.42. The fourth-order valence-electron chi connectivity index (χ4n) is 2.84. The fourth-order valence-corrected chi connectivity index (χ4v) is 2.84. The van der Waals surface area contributed by atoms with Crippen LogP contribution in [0, 0.1) is 11.7 Å². The van der Waals surface area contributed by atoms with Gasteiger partial charge in [0.25, 0.3) is 0 Å². The van der Waals surface area contributed by atoms with Gasteiger partial charge in [-0.25, -0.2) is 4.39 Å². The molecule has 2 unspecified atom stereocenters. The summed E-state index contributed by atoms with van der Waals surface area (Å²) in [5, 5.41) is 6.42. The van der Waals surface area contributed by atoms with E-state index in [2.05, 4.69) is 10.6 Å². The quantitative estimate of drug-likeness (QED) is 0.872. The van der Waals surface area contributed by atoms with Gasteiger partial charge in [0.05, 0.1) is 0 Å². The average molecular weight is 262 g/mol. The first kappa shape index (κ1) is 12.6. The van der Waals surface area contributed by atoms with E-state index in [4.69, 9.17) is 0 Å². The summed E-state index contributed by atoms with van der Waals surface area (Å²) in [6, 6.07) is 6.84. The maximum Gasteiger partial charge on any atom is 0.223 e. The van der Waals surface area contributed by atoms with Crippen molar-refractivity contribution in [1.82, 2.24) is 10.6 Å². The zero-order valence-electron chi connectivity index (χ0n) is 10.9. The predicted molar refractivity (Wildman–Crippen MR) is 71.3 cm³/mol. The van der Waals surface area contributed by atoms with Gasteiger partial charge >= 0.3 is 0 Å². The van der Waals surface area contributed by atoms with Crippen molar-refractivity contribution in [2.24, 2.45) is 5.92 Å².